The van der Waals surface area contributed by atoms with Gasteiger partial charge in [-0.1, -0.05) is 0 Å². The predicted octanol–water partition coefficient (Wildman–Crippen LogP) is 3.20. The quantitative estimate of drug-likeness (QED) is 0.895. The molecule has 1 aliphatic carbocycles. The van der Waals surface area contributed by atoms with E-state index in [1.807, 2.05) is 0 Å². The Balaban J connectivity index is 1.26. The largest absolute Gasteiger partial charge is 0.338 e. The lowest BCUT2D eigenvalue weighted by Gasteiger charge is -2.23. The van der Waals surface area contributed by atoms with Gasteiger partial charge >= 0.3 is 6.03 Å². The van der Waals surface area contributed by atoms with Crippen LogP contribution in [0.15, 0.2) is 17.6 Å². The number of hydrogen-bond donors (Lipinski definition) is 2. The summed E-state index contributed by atoms with van der Waals surface area (Å²) in [6, 6.07) is 2.25. The second-order valence-corrected chi connectivity index (χ2v) is 7.69. The van der Waals surface area contributed by atoms with Crippen molar-refractivity contribution in [3.63, 3.8) is 0 Å². The van der Waals surface area contributed by atoms with Crippen molar-refractivity contribution in [2.45, 2.75) is 57.5 Å². The normalized spacial score (nSPS) is 19.4. The number of fused-ring (bicyclic) bond motifs is 2. The molecule has 1 aliphatic heterocycles. The monoisotopic (exact) mass is 344 g/mol. The van der Waals surface area contributed by atoms with Crippen LogP contribution >= 0.6 is 11.3 Å². The summed E-state index contributed by atoms with van der Waals surface area (Å²) >= 11 is 1.80. The number of carbonyl (C=O) groups is 1. The minimum absolute atomic E-state index is 0.0666. The first-order chi connectivity index (χ1) is 11.8. The van der Waals surface area contributed by atoms with Crippen molar-refractivity contribution in [1.82, 2.24) is 20.2 Å². The number of urea groups is 1. The first kappa shape index (κ1) is 15.7. The van der Waals surface area contributed by atoms with E-state index in [-0.39, 0.29) is 12.1 Å². The number of nitrogens with one attached hydrogen (secondary N) is 2. The topological polar surface area (TPSA) is 59.0 Å². The number of hydrogen-bond acceptors (Lipinski definition) is 3. The molecule has 0 unspecified atom stereocenters. The molecule has 128 valence electrons. The van der Waals surface area contributed by atoms with Crippen LogP contribution in [0.25, 0.3) is 0 Å². The van der Waals surface area contributed by atoms with Gasteiger partial charge in [-0.25, -0.2) is 9.78 Å². The van der Waals surface area contributed by atoms with Crippen LogP contribution in [0.1, 0.15) is 53.7 Å². The molecule has 6 heteroatoms. The van der Waals surface area contributed by atoms with Gasteiger partial charge < -0.3 is 15.2 Å². The minimum atomic E-state index is -0.0666. The van der Waals surface area contributed by atoms with Gasteiger partial charge in [0.25, 0.3) is 0 Å². The van der Waals surface area contributed by atoms with E-state index in [4.69, 9.17) is 0 Å². The molecule has 0 bridgehead atoms. The van der Waals surface area contributed by atoms with Crippen molar-refractivity contribution >= 4 is 17.4 Å². The highest BCUT2D eigenvalue weighted by Crippen LogP contribution is 2.33. The molecule has 5 nitrogen and oxygen atoms in total. The second kappa shape index (κ2) is 6.97. The fraction of sp³-hybridized carbons (Fsp3) is 0.556. The lowest BCUT2D eigenvalue weighted by molar-refractivity contribution is 0.235. The third-order valence-electron chi connectivity index (χ3n) is 4.98. The summed E-state index contributed by atoms with van der Waals surface area (Å²) in [6.45, 7) is 1.71. The van der Waals surface area contributed by atoms with Crippen LogP contribution in [0.5, 0.6) is 0 Å². The number of thiophene rings is 1. The molecule has 0 saturated heterocycles. The van der Waals surface area contributed by atoms with E-state index in [9.17, 15) is 4.79 Å². The molecular weight excluding hydrogens is 320 g/mol. The molecule has 2 aromatic rings. The third kappa shape index (κ3) is 3.34. The van der Waals surface area contributed by atoms with Crippen LogP contribution in [0.4, 0.5) is 4.79 Å². The molecule has 2 aromatic heterocycles. The molecule has 0 fully saturated rings. The highest BCUT2D eigenvalue weighted by molar-refractivity contribution is 7.10. The summed E-state index contributed by atoms with van der Waals surface area (Å²) < 4.78 is 2.26. The fourth-order valence-corrected chi connectivity index (χ4v) is 4.73. The van der Waals surface area contributed by atoms with Crippen molar-refractivity contribution in [3.05, 3.63) is 39.6 Å². The number of aromatic nitrogens is 2. The van der Waals surface area contributed by atoms with E-state index in [0.29, 0.717) is 6.54 Å². The van der Waals surface area contributed by atoms with Gasteiger partial charge in [0.15, 0.2) is 0 Å². The molecule has 0 saturated carbocycles. The molecule has 2 N–H and O–H groups in total. The Kier molecular flexibility index (Phi) is 4.56. The molecule has 24 heavy (non-hydrogen) atoms. The summed E-state index contributed by atoms with van der Waals surface area (Å²) in [5.74, 6) is 1.20. The molecular formula is C18H24N4OS. The summed E-state index contributed by atoms with van der Waals surface area (Å²) in [5, 5.41) is 8.24. The Hall–Kier alpha value is -1.82. The molecule has 3 heterocycles. The van der Waals surface area contributed by atoms with Crippen LogP contribution in [0, 0.1) is 0 Å². The third-order valence-corrected chi connectivity index (χ3v) is 5.98. The van der Waals surface area contributed by atoms with Gasteiger partial charge in [-0.2, -0.15) is 0 Å². The number of nitrogens with zero attached hydrogens (tertiary/aromatic N) is 2. The van der Waals surface area contributed by atoms with Gasteiger partial charge in [0.05, 0.1) is 11.7 Å². The standard InChI is InChI=1S/C18H24N4OS/c23-18(21-15-4-3-5-16-14(15)8-11-24-16)19-9-7-13-12-22-10-2-1-6-17(22)20-13/h8,11-12,15H,1-7,9-10H2,(H2,19,21,23)/t15-/m1/s1. The van der Waals surface area contributed by atoms with Crippen molar-refractivity contribution in [1.29, 1.82) is 0 Å². The number of aryl methyl sites for hydroxylation is 3. The zero-order valence-corrected chi connectivity index (χ0v) is 14.7. The first-order valence-corrected chi connectivity index (χ1v) is 9.83. The Morgan fingerprint density at radius 1 is 1.33 bits per heavy atom. The minimum Gasteiger partial charge on any atom is -0.338 e. The van der Waals surface area contributed by atoms with Crippen molar-refractivity contribution in [3.8, 4) is 0 Å². The Morgan fingerprint density at radius 3 is 3.21 bits per heavy atom. The molecule has 4 rings (SSSR count). The Labute approximate surface area is 146 Å². The fourth-order valence-electron chi connectivity index (χ4n) is 3.74. The van der Waals surface area contributed by atoms with Crippen molar-refractivity contribution in [2.75, 3.05) is 6.54 Å². The lowest BCUT2D eigenvalue weighted by Crippen LogP contribution is -2.39. The highest BCUT2D eigenvalue weighted by atomic mass is 32.1. The molecule has 2 aliphatic rings. The average molecular weight is 344 g/mol. The van der Waals surface area contributed by atoms with E-state index in [1.54, 1.807) is 11.3 Å². The molecule has 1 atom stereocenters. The number of imidazole rings is 1. The van der Waals surface area contributed by atoms with Gasteiger partial charge in [0, 0.05) is 37.0 Å². The van der Waals surface area contributed by atoms with E-state index < -0.39 is 0 Å². The zero-order valence-electron chi connectivity index (χ0n) is 13.9. The predicted molar refractivity (Wildman–Crippen MR) is 95.4 cm³/mol. The van der Waals surface area contributed by atoms with Gasteiger partial charge in [0.1, 0.15) is 5.82 Å². The Morgan fingerprint density at radius 2 is 2.29 bits per heavy atom. The van der Waals surface area contributed by atoms with Crippen LogP contribution in [-0.2, 0) is 25.8 Å². The van der Waals surface area contributed by atoms with E-state index in [0.717, 1.165) is 44.3 Å². The van der Waals surface area contributed by atoms with Crippen molar-refractivity contribution in [2.24, 2.45) is 0 Å². The molecule has 0 spiro atoms. The maximum atomic E-state index is 12.2. The van der Waals surface area contributed by atoms with Crippen LogP contribution < -0.4 is 10.6 Å². The first-order valence-electron chi connectivity index (χ1n) is 8.95. The van der Waals surface area contributed by atoms with E-state index >= 15 is 0 Å². The molecule has 0 radical (unpaired) electrons. The van der Waals surface area contributed by atoms with Gasteiger partial charge in [-0.15, -0.1) is 11.3 Å². The van der Waals surface area contributed by atoms with E-state index in [1.165, 1.54) is 29.1 Å². The molecule has 0 aromatic carbocycles. The maximum Gasteiger partial charge on any atom is 0.315 e. The number of amides is 2. The van der Waals surface area contributed by atoms with Gasteiger partial charge in [-0.05, 0) is 49.1 Å². The van der Waals surface area contributed by atoms with Crippen molar-refractivity contribution < 1.29 is 4.79 Å². The number of carbonyl (C=O) groups excluding carboxylic acids is 1. The zero-order chi connectivity index (χ0) is 16.4. The SMILES string of the molecule is O=C(NCCc1cn2c(n1)CCCC2)N[C@@H]1CCCc2sccc21. The maximum absolute atomic E-state index is 12.2. The van der Waals surface area contributed by atoms with Gasteiger partial charge in [-0.3, -0.25) is 0 Å². The average Bonchev–Trinajstić information content (AvgIpc) is 3.21. The van der Waals surface area contributed by atoms with Crippen LogP contribution in [0.3, 0.4) is 0 Å². The smallest absolute Gasteiger partial charge is 0.315 e. The summed E-state index contributed by atoms with van der Waals surface area (Å²) in [6.07, 6.45) is 9.84. The summed E-state index contributed by atoms with van der Waals surface area (Å²) in [7, 11) is 0. The summed E-state index contributed by atoms with van der Waals surface area (Å²) in [5.41, 5.74) is 2.40. The highest BCUT2D eigenvalue weighted by Gasteiger charge is 2.22. The Bertz CT molecular complexity index is 697. The van der Waals surface area contributed by atoms with Gasteiger partial charge in [0.2, 0.25) is 0 Å². The summed E-state index contributed by atoms with van der Waals surface area (Å²) in [4.78, 5) is 18.3. The van der Waals surface area contributed by atoms with Crippen LogP contribution in [-0.4, -0.2) is 22.1 Å². The van der Waals surface area contributed by atoms with Crippen LogP contribution in [0.2, 0.25) is 0 Å². The number of rotatable bonds is 4. The molecule has 2 amide bonds. The van der Waals surface area contributed by atoms with E-state index in [2.05, 4.69) is 37.8 Å². The lowest BCUT2D eigenvalue weighted by atomic mass is 9.94. The second-order valence-electron chi connectivity index (χ2n) is 6.69.